The summed E-state index contributed by atoms with van der Waals surface area (Å²) in [6, 6.07) is 6.00. The average Bonchev–Trinajstić information content (AvgIpc) is 3.03. The van der Waals surface area contributed by atoms with Gasteiger partial charge in [-0.1, -0.05) is 12.1 Å². The summed E-state index contributed by atoms with van der Waals surface area (Å²) in [5.41, 5.74) is 4.57. The minimum absolute atomic E-state index is 0.589. The Labute approximate surface area is 155 Å². The van der Waals surface area contributed by atoms with E-state index in [9.17, 15) is 0 Å². The van der Waals surface area contributed by atoms with Gasteiger partial charge in [0.25, 0.3) is 0 Å². The monoisotopic (exact) mass is 356 g/mol. The quantitative estimate of drug-likeness (QED) is 0.788. The van der Waals surface area contributed by atoms with Gasteiger partial charge >= 0.3 is 0 Å². The Hall–Kier alpha value is -2.31. The number of aromatic amines is 1. The number of fused-ring (bicyclic) bond motifs is 1. The number of nitrogens with one attached hydrogen (secondary N) is 1. The predicted molar refractivity (Wildman–Crippen MR) is 104 cm³/mol. The SMILES string of the molecule is COc1cccc2c1OCC(CN(CCN(C)C)Cc1nc[nH]c1C)=C2. The lowest BCUT2D eigenvalue weighted by atomic mass is 10.1. The van der Waals surface area contributed by atoms with Crippen molar-refractivity contribution in [2.24, 2.45) is 0 Å². The van der Waals surface area contributed by atoms with Gasteiger partial charge in [-0.25, -0.2) is 4.98 Å². The molecule has 1 aromatic heterocycles. The lowest BCUT2D eigenvalue weighted by Crippen LogP contribution is -2.34. The van der Waals surface area contributed by atoms with E-state index in [-0.39, 0.29) is 0 Å². The van der Waals surface area contributed by atoms with Crippen molar-refractivity contribution >= 4 is 6.08 Å². The molecular weight excluding hydrogens is 328 g/mol. The van der Waals surface area contributed by atoms with Crippen LogP contribution in [0.3, 0.4) is 0 Å². The highest BCUT2D eigenvalue weighted by Gasteiger charge is 2.18. The van der Waals surface area contributed by atoms with Gasteiger partial charge in [0.05, 0.1) is 19.1 Å². The summed E-state index contributed by atoms with van der Waals surface area (Å²) in [5, 5.41) is 0. The molecule has 6 heteroatoms. The van der Waals surface area contributed by atoms with Crippen molar-refractivity contribution in [3.8, 4) is 11.5 Å². The molecule has 1 aromatic carbocycles. The summed E-state index contributed by atoms with van der Waals surface area (Å²) in [4.78, 5) is 12.2. The topological polar surface area (TPSA) is 53.6 Å². The van der Waals surface area contributed by atoms with Crippen molar-refractivity contribution in [3.63, 3.8) is 0 Å². The third-order valence-electron chi connectivity index (χ3n) is 4.59. The van der Waals surface area contributed by atoms with Gasteiger partial charge < -0.3 is 19.4 Å². The van der Waals surface area contributed by atoms with Crippen molar-refractivity contribution in [3.05, 3.63) is 47.1 Å². The number of para-hydroxylation sites is 1. The van der Waals surface area contributed by atoms with E-state index in [0.717, 1.165) is 54.6 Å². The summed E-state index contributed by atoms with van der Waals surface area (Å²) in [6.45, 7) is 6.31. The Bertz CT molecular complexity index is 767. The van der Waals surface area contributed by atoms with Gasteiger partial charge in [-0.05, 0) is 38.7 Å². The number of hydrogen-bond donors (Lipinski definition) is 1. The molecule has 0 saturated heterocycles. The van der Waals surface area contributed by atoms with Gasteiger partial charge in [0.1, 0.15) is 6.61 Å². The predicted octanol–water partition coefficient (Wildman–Crippen LogP) is 2.57. The highest BCUT2D eigenvalue weighted by atomic mass is 16.5. The van der Waals surface area contributed by atoms with Gasteiger partial charge in [-0.3, -0.25) is 4.90 Å². The lowest BCUT2D eigenvalue weighted by molar-refractivity contribution is 0.235. The molecule has 1 N–H and O–H groups in total. The molecule has 0 saturated carbocycles. The van der Waals surface area contributed by atoms with Gasteiger partial charge in [0.2, 0.25) is 0 Å². The van der Waals surface area contributed by atoms with Crippen LogP contribution in [0.15, 0.2) is 30.1 Å². The largest absolute Gasteiger partial charge is 0.493 e. The molecule has 2 aromatic rings. The van der Waals surface area contributed by atoms with Crippen LogP contribution in [-0.2, 0) is 6.54 Å². The lowest BCUT2D eigenvalue weighted by Gasteiger charge is -2.27. The summed E-state index contributed by atoms with van der Waals surface area (Å²) >= 11 is 0. The molecule has 0 amide bonds. The Morgan fingerprint density at radius 3 is 2.77 bits per heavy atom. The van der Waals surface area contributed by atoms with Crippen LogP contribution in [0.1, 0.15) is 17.0 Å². The van der Waals surface area contributed by atoms with Crippen LogP contribution in [0.2, 0.25) is 0 Å². The van der Waals surface area contributed by atoms with E-state index in [0.29, 0.717) is 6.61 Å². The van der Waals surface area contributed by atoms with E-state index in [1.54, 1.807) is 13.4 Å². The number of methoxy groups -OCH3 is 1. The van der Waals surface area contributed by atoms with E-state index in [1.165, 1.54) is 5.57 Å². The van der Waals surface area contributed by atoms with Crippen molar-refractivity contribution < 1.29 is 9.47 Å². The number of imidazole rings is 1. The molecule has 0 bridgehead atoms. The second kappa shape index (κ2) is 8.38. The average molecular weight is 356 g/mol. The van der Waals surface area contributed by atoms with E-state index >= 15 is 0 Å². The van der Waals surface area contributed by atoms with Gasteiger partial charge in [0, 0.05) is 37.4 Å². The van der Waals surface area contributed by atoms with Crippen molar-refractivity contribution in [2.45, 2.75) is 13.5 Å². The van der Waals surface area contributed by atoms with Crippen LogP contribution in [0.5, 0.6) is 11.5 Å². The fraction of sp³-hybridized carbons (Fsp3) is 0.450. The Kier molecular flexibility index (Phi) is 5.96. The fourth-order valence-corrected chi connectivity index (χ4v) is 3.08. The van der Waals surface area contributed by atoms with E-state index < -0.39 is 0 Å². The zero-order valence-corrected chi connectivity index (χ0v) is 16.1. The summed E-state index contributed by atoms with van der Waals surface area (Å²) < 4.78 is 11.4. The molecule has 0 radical (unpaired) electrons. The van der Waals surface area contributed by atoms with Crippen molar-refractivity contribution in [1.82, 2.24) is 19.8 Å². The normalized spacial score (nSPS) is 13.5. The minimum atomic E-state index is 0.589. The first kappa shape index (κ1) is 18.5. The zero-order chi connectivity index (χ0) is 18.5. The summed E-state index contributed by atoms with van der Waals surface area (Å²) in [6.07, 6.45) is 3.99. The Balaban J connectivity index is 1.75. The number of aryl methyl sites for hydroxylation is 1. The second-order valence-electron chi connectivity index (χ2n) is 6.96. The Morgan fingerprint density at radius 2 is 2.08 bits per heavy atom. The standard InChI is InChI=1S/C20H28N4O2/c1-15-18(22-14-21-15)12-24(9-8-23(2)3)11-16-10-17-6-5-7-19(25-4)20(17)26-13-16/h5-7,10,14H,8-9,11-13H2,1-4H3,(H,21,22). The molecule has 1 aliphatic rings. The number of nitrogens with zero attached hydrogens (tertiary/aromatic N) is 3. The fourth-order valence-electron chi connectivity index (χ4n) is 3.08. The molecule has 140 valence electrons. The second-order valence-corrected chi connectivity index (χ2v) is 6.96. The summed E-state index contributed by atoms with van der Waals surface area (Å²) in [5.74, 6) is 1.62. The molecule has 3 rings (SSSR count). The number of rotatable bonds is 8. The zero-order valence-electron chi connectivity index (χ0n) is 16.1. The third kappa shape index (κ3) is 4.45. The smallest absolute Gasteiger partial charge is 0.168 e. The molecular formula is C20H28N4O2. The minimum Gasteiger partial charge on any atom is -0.493 e. The van der Waals surface area contributed by atoms with Crippen LogP contribution in [-0.4, -0.2) is 67.2 Å². The number of hydrogen-bond acceptors (Lipinski definition) is 5. The first-order chi connectivity index (χ1) is 12.6. The highest BCUT2D eigenvalue weighted by Crippen LogP contribution is 2.35. The molecule has 0 fully saturated rings. The number of benzene rings is 1. The molecule has 0 aliphatic carbocycles. The van der Waals surface area contributed by atoms with Crippen LogP contribution in [0.25, 0.3) is 6.08 Å². The van der Waals surface area contributed by atoms with Crippen molar-refractivity contribution in [1.29, 1.82) is 0 Å². The Morgan fingerprint density at radius 1 is 1.23 bits per heavy atom. The van der Waals surface area contributed by atoms with Gasteiger partial charge in [-0.15, -0.1) is 0 Å². The van der Waals surface area contributed by atoms with Crippen molar-refractivity contribution in [2.75, 3.05) is 47.4 Å². The molecule has 2 heterocycles. The highest BCUT2D eigenvalue weighted by molar-refractivity contribution is 5.66. The molecule has 0 spiro atoms. The first-order valence-corrected chi connectivity index (χ1v) is 8.92. The number of H-pyrrole nitrogens is 1. The number of ether oxygens (including phenoxy) is 2. The van der Waals surface area contributed by atoms with Gasteiger partial charge in [-0.2, -0.15) is 0 Å². The first-order valence-electron chi connectivity index (χ1n) is 8.92. The van der Waals surface area contributed by atoms with E-state index in [1.807, 2.05) is 12.1 Å². The summed E-state index contributed by atoms with van der Waals surface area (Å²) in [7, 11) is 5.88. The van der Waals surface area contributed by atoms with Crippen LogP contribution in [0.4, 0.5) is 0 Å². The molecule has 26 heavy (non-hydrogen) atoms. The van der Waals surface area contributed by atoms with Crippen LogP contribution >= 0.6 is 0 Å². The molecule has 0 atom stereocenters. The van der Waals surface area contributed by atoms with Crippen LogP contribution in [0, 0.1) is 6.92 Å². The molecule has 1 aliphatic heterocycles. The number of likely N-dealkylation sites (N-methyl/N-ethyl adjacent to an activating group) is 1. The maximum Gasteiger partial charge on any atom is 0.168 e. The van der Waals surface area contributed by atoms with Crippen LogP contribution < -0.4 is 9.47 Å². The maximum atomic E-state index is 5.99. The third-order valence-corrected chi connectivity index (χ3v) is 4.59. The van der Waals surface area contributed by atoms with E-state index in [2.05, 4.69) is 52.9 Å². The molecule has 0 unspecified atom stereocenters. The number of aromatic nitrogens is 2. The van der Waals surface area contributed by atoms with E-state index in [4.69, 9.17) is 9.47 Å². The van der Waals surface area contributed by atoms with Gasteiger partial charge in [0.15, 0.2) is 11.5 Å². The maximum absolute atomic E-state index is 5.99. The molecule has 6 nitrogen and oxygen atoms in total.